The molecule has 1 N–H and O–H groups in total. The molecule has 2 heterocycles. The first-order valence-corrected chi connectivity index (χ1v) is 8.55. The number of ketones is 1. The van der Waals surface area contributed by atoms with E-state index >= 15 is 0 Å². The molecule has 122 valence electrons. The molecular weight excluding hydrogens is 322 g/mol. The highest BCUT2D eigenvalue weighted by Crippen LogP contribution is 2.23. The van der Waals surface area contributed by atoms with Gasteiger partial charge in [-0.15, -0.1) is 0 Å². The summed E-state index contributed by atoms with van der Waals surface area (Å²) in [5, 5.41) is 1.94. The molecule has 2 aliphatic rings. The normalized spacial score (nSPS) is 19.2. The van der Waals surface area contributed by atoms with Crippen LogP contribution >= 0.6 is 0 Å². The van der Waals surface area contributed by atoms with Crippen molar-refractivity contribution < 1.29 is 22.8 Å². The molecule has 0 bridgehead atoms. The highest BCUT2D eigenvalue weighted by atomic mass is 32.2. The fourth-order valence-corrected chi connectivity index (χ4v) is 3.87. The minimum absolute atomic E-state index is 0.0563. The smallest absolute Gasteiger partial charge is 0.338 e. The Hall–Kier alpha value is -2.42. The molecule has 0 aromatic heterocycles. The first kappa shape index (κ1) is 15.5. The third-order valence-electron chi connectivity index (χ3n) is 3.87. The van der Waals surface area contributed by atoms with Gasteiger partial charge in [0.05, 0.1) is 4.90 Å². The van der Waals surface area contributed by atoms with Crippen LogP contribution in [0.3, 0.4) is 0 Å². The topological polar surface area (TPSA) is 104 Å². The van der Waals surface area contributed by atoms with Gasteiger partial charge in [-0.1, -0.05) is 0 Å². The van der Waals surface area contributed by atoms with Crippen molar-refractivity contribution in [3.05, 3.63) is 24.3 Å². The van der Waals surface area contributed by atoms with E-state index in [0.29, 0.717) is 30.2 Å². The Bertz CT molecular complexity index is 762. The van der Waals surface area contributed by atoms with E-state index in [-0.39, 0.29) is 10.7 Å². The summed E-state index contributed by atoms with van der Waals surface area (Å²) in [6.07, 6.45) is 0.965. The van der Waals surface area contributed by atoms with Gasteiger partial charge in [0.1, 0.15) is 12.3 Å². The maximum atomic E-state index is 12.4. The van der Waals surface area contributed by atoms with Crippen LogP contribution in [-0.4, -0.2) is 50.1 Å². The van der Waals surface area contributed by atoms with Gasteiger partial charge in [-0.05, 0) is 24.3 Å². The number of hydrogen-bond donors (Lipinski definition) is 1. The van der Waals surface area contributed by atoms with E-state index in [1.165, 1.54) is 12.1 Å². The summed E-state index contributed by atoms with van der Waals surface area (Å²) in [7, 11) is -4.05. The van der Waals surface area contributed by atoms with Gasteiger partial charge in [-0.2, -0.15) is 0 Å². The summed E-state index contributed by atoms with van der Waals surface area (Å²) in [6.45, 7) is 0.707. The maximum absolute atomic E-state index is 12.4. The van der Waals surface area contributed by atoms with Crippen molar-refractivity contribution in [1.29, 1.82) is 0 Å². The van der Waals surface area contributed by atoms with E-state index in [0.717, 1.165) is 5.69 Å². The number of carbonyl (C=O) groups excluding carboxylic acids is 3. The standard InChI is InChI=1S/C14H15N3O5S/c18-11-5-7-16(8-6-11)10-1-3-12(4-2-10)23(21,22)17-9-13(19)15-14(17)20/h1-4H,5-9H2,(H,15,19,20). The van der Waals surface area contributed by atoms with Crippen LogP contribution in [0.5, 0.6) is 0 Å². The van der Waals surface area contributed by atoms with Gasteiger partial charge in [0.15, 0.2) is 0 Å². The quantitative estimate of drug-likeness (QED) is 0.784. The predicted octanol–water partition coefficient (Wildman–Crippen LogP) is 0.0964. The molecule has 0 aliphatic carbocycles. The Morgan fingerprint density at radius 2 is 1.57 bits per heavy atom. The van der Waals surface area contributed by atoms with E-state index in [4.69, 9.17) is 0 Å². The number of amides is 3. The van der Waals surface area contributed by atoms with Gasteiger partial charge in [-0.3, -0.25) is 14.9 Å². The lowest BCUT2D eigenvalue weighted by molar-refractivity contribution is -0.119. The molecule has 0 radical (unpaired) electrons. The van der Waals surface area contributed by atoms with Crippen molar-refractivity contribution >= 4 is 33.4 Å². The lowest BCUT2D eigenvalue weighted by atomic mass is 10.1. The van der Waals surface area contributed by atoms with Crippen molar-refractivity contribution in [2.24, 2.45) is 0 Å². The minimum Gasteiger partial charge on any atom is -0.371 e. The van der Waals surface area contributed by atoms with Gasteiger partial charge < -0.3 is 4.90 Å². The first-order chi connectivity index (χ1) is 10.9. The second-order valence-electron chi connectivity index (χ2n) is 5.38. The number of Topliss-reactive ketones (excluding diaryl/α,β-unsaturated/α-hetero) is 1. The Balaban J connectivity index is 1.80. The molecule has 0 unspecified atom stereocenters. The van der Waals surface area contributed by atoms with Crippen LogP contribution in [0, 0.1) is 0 Å². The van der Waals surface area contributed by atoms with Crippen LogP contribution in [-0.2, 0) is 19.6 Å². The maximum Gasteiger partial charge on any atom is 0.338 e. The monoisotopic (exact) mass is 337 g/mol. The number of nitrogens with zero attached hydrogens (tertiary/aromatic N) is 2. The van der Waals surface area contributed by atoms with Crippen LogP contribution in [0.1, 0.15) is 12.8 Å². The molecule has 1 aromatic carbocycles. The number of hydrogen-bond acceptors (Lipinski definition) is 6. The van der Waals surface area contributed by atoms with E-state index in [2.05, 4.69) is 0 Å². The molecule has 2 saturated heterocycles. The fourth-order valence-electron chi connectivity index (χ4n) is 2.59. The summed E-state index contributed by atoms with van der Waals surface area (Å²) in [4.78, 5) is 35.9. The molecule has 23 heavy (non-hydrogen) atoms. The van der Waals surface area contributed by atoms with Crippen molar-refractivity contribution in [2.45, 2.75) is 17.7 Å². The number of anilines is 1. The molecule has 9 heteroatoms. The highest BCUT2D eigenvalue weighted by molar-refractivity contribution is 7.89. The summed E-state index contributed by atoms with van der Waals surface area (Å²) < 4.78 is 25.3. The van der Waals surface area contributed by atoms with Gasteiger partial charge in [0, 0.05) is 31.6 Å². The molecule has 0 atom stereocenters. The molecular formula is C14H15N3O5S. The molecule has 0 spiro atoms. The lowest BCUT2D eigenvalue weighted by Gasteiger charge is -2.28. The third kappa shape index (κ3) is 2.91. The van der Waals surface area contributed by atoms with Crippen molar-refractivity contribution in [3.63, 3.8) is 0 Å². The number of benzene rings is 1. The Labute approximate surface area is 133 Å². The van der Waals surface area contributed by atoms with Gasteiger partial charge in [0.25, 0.3) is 10.0 Å². The molecule has 0 saturated carbocycles. The number of carbonyl (C=O) groups is 3. The predicted molar refractivity (Wildman–Crippen MR) is 80.3 cm³/mol. The van der Waals surface area contributed by atoms with E-state index in [1.54, 1.807) is 12.1 Å². The number of urea groups is 1. The second-order valence-corrected chi connectivity index (χ2v) is 7.25. The van der Waals surface area contributed by atoms with Crippen LogP contribution in [0.15, 0.2) is 29.2 Å². The number of nitrogens with one attached hydrogen (secondary N) is 1. The molecule has 1 aromatic rings. The van der Waals surface area contributed by atoms with Gasteiger partial charge in [0.2, 0.25) is 5.91 Å². The lowest BCUT2D eigenvalue weighted by Crippen LogP contribution is -2.35. The van der Waals surface area contributed by atoms with Crippen molar-refractivity contribution in [2.75, 3.05) is 24.5 Å². The van der Waals surface area contributed by atoms with Crippen LogP contribution in [0.2, 0.25) is 0 Å². The summed E-state index contributed by atoms with van der Waals surface area (Å²) >= 11 is 0. The SMILES string of the molecule is O=C1CCN(c2ccc(S(=O)(=O)N3CC(=O)NC3=O)cc2)CC1. The molecule has 2 fully saturated rings. The zero-order valence-electron chi connectivity index (χ0n) is 12.2. The van der Waals surface area contributed by atoms with Crippen molar-refractivity contribution in [3.8, 4) is 0 Å². The van der Waals surface area contributed by atoms with Crippen LogP contribution in [0.25, 0.3) is 0 Å². The molecule has 8 nitrogen and oxygen atoms in total. The Kier molecular flexibility index (Phi) is 3.80. The second kappa shape index (κ2) is 5.65. The third-order valence-corrected chi connectivity index (χ3v) is 5.61. The first-order valence-electron chi connectivity index (χ1n) is 7.11. The zero-order chi connectivity index (χ0) is 16.6. The van der Waals surface area contributed by atoms with Crippen LogP contribution < -0.4 is 10.2 Å². The number of imide groups is 1. The van der Waals surface area contributed by atoms with Crippen LogP contribution in [0.4, 0.5) is 10.5 Å². The van der Waals surface area contributed by atoms with Gasteiger partial charge >= 0.3 is 6.03 Å². The Morgan fingerprint density at radius 1 is 0.957 bits per heavy atom. The Morgan fingerprint density at radius 3 is 2.09 bits per heavy atom. The number of piperidine rings is 1. The molecule has 3 amide bonds. The summed E-state index contributed by atoms with van der Waals surface area (Å²) in [5.74, 6) is -0.418. The van der Waals surface area contributed by atoms with Gasteiger partial charge in [-0.25, -0.2) is 17.5 Å². The number of rotatable bonds is 3. The zero-order valence-corrected chi connectivity index (χ0v) is 13.0. The fraction of sp³-hybridized carbons (Fsp3) is 0.357. The van der Waals surface area contributed by atoms with E-state index in [1.807, 2.05) is 10.2 Å². The van der Waals surface area contributed by atoms with E-state index in [9.17, 15) is 22.8 Å². The summed E-state index contributed by atoms with van der Waals surface area (Å²) in [5.41, 5.74) is 0.818. The molecule has 2 aliphatic heterocycles. The molecule has 3 rings (SSSR count). The van der Waals surface area contributed by atoms with E-state index < -0.39 is 28.5 Å². The minimum atomic E-state index is -4.05. The largest absolute Gasteiger partial charge is 0.371 e. The van der Waals surface area contributed by atoms with Crippen molar-refractivity contribution in [1.82, 2.24) is 9.62 Å². The highest BCUT2D eigenvalue weighted by Gasteiger charge is 2.37. The average molecular weight is 337 g/mol. The number of sulfonamides is 1. The average Bonchev–Trinajstić information content (AvgIpc) is 2.87. The summed E-state index contributed by atoms with van der Waals surface area (Å²) in [6, 6.07) is 5.14.